The standard InChI is InChI=1S/C19H16IOP/c1-15-14-16(20)12-13-19(15)22(21,17-8-4-2-5-9-17)18-10-6-3-7-11-18/h2-14H,1H3. The van der Waals surface area contributed by atoms with E-state index < -0.39 is 7.14 Å². The van der Waals surface area contributed by atoms with Crippen LogP contribution in [0.3, 0.4) is 0 Å². The van der Waals surface area contributed by atoms with Gasteiger partial charge in [-0.2, -0.15) is 0 Å². The molecule has 0 aliphatic heterocycles. The van der Waals surface area contributed by atoms with Crippen LogP contribution in [0, 0.1) is 10.5 Å². The molecule has 0 unspecified atom stereocenters. The lowest BCUT2D eigenvalue weighted by atomic mass is 10.2. The fraction of sp³-hybridized carbons (Fsp3) is 0.0526. The van der Waals surface area contributed by atoms with E-state index in [1.807, 2.05) is 79.7 Å². The first kappa shape index (κ1) is 15.5. The van der Waals surface area contributed by atoms with Crippen molar-refractivity contribution < 1.29 is 4.57 Å². The Morgan fingerprint density at radius 3 is 1.73 bits per heavy atom. The third kappa shape index (κ3) is 2.78. The predicted octanol–water partition coefficient (Wildman–Crippen LogP) is 4.24. The first-order valence-corrected chi connectivity index (χ1v) is 9.89. The van der Waals surface area contributed by atoms with Gasteiger partial charge < -0.3 is 4.57 Å². The smallest absolute Gasteiger partial charge is 0.171 e. The fourth-order valence-electron chi connectivity index (χ4n) is 2.68. The average molecular weight is 418 g/mol. The van der Waals surface area contributed by atoms with E-state index in [9.17, 15) is 4.57 Å². The van der Waals surface area contributed by atoms with Crippen molar-refractivity contribution in [3.63, 3.8) is 0 Å². The molecule has 0 fully saturated rings. The van der Waals surface area contributed by atoms with Crippen molar-refractivity contribution >= 4 is 45.6 Å². The highest BCUT2D eigenvalue weighted by molar-refractivity contribution is 14.1. The summed E-state index contributed by atoms with van der Waals surface area (Å²) < 4.78 is 15.3. The number of aryl methyl sites for hydroxylation is 1. The van der Waals surface area contributed by atoms with Crippen LogP contribution in [0.15, 0.2) is 78.9 Å². The van der Waals surface area contributed by atoms with Crippen LogP contribution in [0.5, 0.6) is 0 Å². The molecule has 110 valence electrons. The second kappa shape index (κ2) is 6.39. The Kier molecular flexibility index (Phi) is 4.51. The van der Waals surface area contributed by atoms with Crippen LogP contribution in [0.25, 0.3) is 0 Å². The lowest BCUT2D eigenvalue weighted by Crippen LogP contribution is -2.26. The van der Waals surface area contributed by atoms with E-state index in [0.29, 0.717) is 0 Å². The number of rotatable bonds is 3. The predicted molar refractivity (Wildman–Crippen MR) is 103 cm³/mol. The van der Waals surface area contributed by atoms with Crippen LogP contribution < -0.4 is 15.9 Å². The van der Waals surface area contributed by atoms with Gasteiger partial charge in [0.25, 0.3) is 0 Å². The number of halogens is 1. The summed E-state index contributed by atoms with van der Waals surface area (Å²) in [5, 5.41) is 2.68. The molecule has 1 nitrogen and oxygen atoms in total. The van der Waals surface area contributed by atoms with Crippen LogP contribution in [0.4, 0.5) is 0 Å². The molecule has 0 aromatic heterocycles. The van der Waals surface area contributed by atoms with Gasteiger partial charge in [-0.25, -0.2) is 0 Å². The summed E-state index contributed by atoms with van der Waals surface area (Å²) in [4.78, 5) is 0. The number of hydrogen-bond donors (Lipinski definition) is 0. The van der Waals surface area contributed by atoms with Crippen molar-refractivity contribution in [2.24, 2.45) is 0 Å². The first-order chi connectivity index (χ1) is 10.6. The van der Waals surface area contributed by atoms with E-state index in [1.165, 1.54) is 0 Å². The summed E-state index contributed by atoms with van der Waals surface area (Å²) in [7, 11) is -2.84. The molecular formula is C19H16IOP. The highest BCUT2D eigenvalue weighted by Crippen LogP contribution is 2.43. The molecule has 0 aliphatic carbocycles. The van der Waals surface area contributed by atoms with E-state index >= 15 is 0 Å². The van der Waals surface area contributed by atoms with Gasteiger partial charge in [-0.05, 0) is 53.3 Å². The zero-order chi connectivity index (χ0) is 15.6. The molecule has 3 rings (SSSR count). The summed E-state index contributed by atoms with van der Waals surface area (Å²) >= 11 is 2.29. The Bertz CT molecular complexity index is 785. The molecule has 0 aliphatic rings. The van der Waals surface area contributed by atoms with Crippen LogP contribution in [-0.4, -0.2) is 0 Å². The third-order valence-electron chi connectivity index (χ3n) is 3.74. The average Bonchev–Trinajstić information content (AvgIpc) is 2.56. The minimum Gasteiger partial charge on any atom is -0.309 e. The molecule has 3 aromatic rings. The van der Waals surface area contributed by atoms with Gasteiger partial charge in [0.05, 0.1) is 0 Å². The van der Waals surface area contributed by atoms with Gasteiger partial charge in [0, 0.05) is 19.5 Å². The zero-order valence-corrected chi connectivity index (χ0v) is 15.3. The molecule has 0 saturated heterocycles. The molecule has 3 heteroatoms. The van der Waals surface area contributed by atoms with E-state index in [2.05, 4.69) is 28.7 Å². The normalized spacial score (nSPS) is 11.4. The van der Waals surface area contributed by atoms with Crippen LogP contribution in [-0.2, 0) is 4.57 Å². The van der Waals surface area contributed by atoms with Gasteiger partial charge in [-0.15, -0.1) is 0 Å². The Hall–Kier alpha value is -1.38. The molecule has 0 saturated carbocycles. The monoisotopic (exact) mass is 418 g/mol. The SMILES string of the molecule is Cc1cc(I)ccc1P(=O)(c1ccccc1)c1ccccc1. The van der Waals surface area contributed by atoms with Crippen LogP contribution in [0.2, 0.25) is 0 Å². The van der Waals surface area contributed by atoms with Crippen molar-refractivity contribution in [2.45, 2.75) is 6.92 Å². The van der Waals surface area contributed by atoms with E-state index in [4.69, 9.17) is 0 Å². The molecule has 0 amide bonds. The molecule has 0 atom stereocenters. The van der Waals surface area contributed by atoms with Gasteiger partial charge in [0.2, 0.25) is 0 Å². The van der Waals surface area contributed by atoms with E-state index in [0.717, 1.165) is 25.0 Å². The Balaban J connectivity index is 2.31. The maximum absolute atomic E-state index is 14.1. The van der Waals surface area contributed by atoms with Crippen LogP contribution >= 0.6 is 29.7 Å². The Morgan fingerprint density at radius 2 is 1.27 bits per heavy atom. The van der Waals surface area contributed by atoms with Crippen LogP contribution in [0.1, 0.15) is 5.56 Å². The maximum atomic E-state index is 14.1. The minimum absolute atomic E-state index is 0.880. The summed E-state index contributed by atoms with van der Waals surface area (Å²) in [5.74, 6) is 0. The highest BCUT2D eigenvalue weighted by Gasteiger charge is 2.30. The van der Waals surface area contributed by atoms with Gasteiger partial charge in [-0.3, -0.25) is 0 Å². The number of hydrogen-bond acceptors (Lipinski definition) is 1. The van der Waals surface area contributed by atoms with Crippen molar-refractivity contribution in [3.05, 3.63) is 88.0 Å². The second-order valence-electron chi connectivity index (χ2n) is 5.21. The second-order valence-corrected chi connectivity index (χ2v) is 9.19. The molecule has 0 heterocycles. The summed E-state index contributed by atoms with van der Waals surface area (Å²) in [6.07, 6.45) is 0. The summed E-state index contributed by atoms with van der Waals surface area (Å²) in [5.41, 5.74) is 1.07. The minimum atomic E-state index is -2.84. The fourth-order valence-corrected chi connectivity index (χ4v) is 6.21. The summed E-state index contributed by atoms with van der Waals surface area (Å²) in [6.45, 7) is 2.04. The van der Waals surface area contributed by atoms with Gasteiger partial charge >= 0.3 is 0 Å². The molecule has 0 N–H and O–H groups in total. The largest absolute Gasteiger partial charge is 0.309 e. The van der Waals surface area contributed by atoms with Gasteiger partial charge in [0.1, 0.15) is 0 Å². The number of benzene rings is 3. The Labute approximate surface area is 144 Å². The molecular weight excluding hydrogens is 402 g/mol. The summed E-state index contributed by atoms with van der Waals surface area (Å²) in [6, 6.07) is 25.7. The first-order valence-electron chi connectivity index (χ1n) is 7.10. The van der Waals surface area contributed by atoms with Crippen molar-refractivity contribution in [3.8, 4) is 0 Å². The van der Waals surface area contributed by atoms with Crippen molar-refractivity contribution in [1.82, 2.24) is 0 Å². The van der Waals surface area contributed by atoms with Gasteiger partial charge in [0.15, 0.2) is 7.14 Å². The van der Waals surface area contributed by atoms with Crippen molar-refractivity contribution in [2.75, 3.05) is 0 Å². The quantitative estimate of drug-likeness (QED) is 0.460. The van der Waals surface area contributed by atoms with Gasteiger partial charge in [-0.1, -0.05) is 60.7 Å². The van der Waals surface area contributed by atoms with E-state index in [1.54, 1.807) is 0 Å². The molecule has 0 radical (unpaired) electrons. The Morgan fingerprint density at radius 1 is 0.773 bits per heavy atom. The lowest BCUT2D eigenvalue weighted by Gasteiger charge is -2.21. The maximum Gasteiger partial charge on any atom is 0.171 e. The molecule has 3 aromatic carbocycles. The molecule has 22 heavy (non-hydrogen) atoms. The van der Waals surface area contributed by atoms with Crippen molar-refractivity contribution in [1.29, 1.82) is 0 Å². The third-order valence-corrected chi connectivity index (χ3v) is 7.64. The molecule has 0 spiro atoms. The molecule has 0 bridgehead atoms. The zero-order valence-electron chi connectivity index (χ0n) is 12.2. The van der Waals surface area contributed by atoms with E-state index in [-0.39, 0.29) is 0 Å². The highest BCUT2D eigenvalue weighted by atomic mass is 127. The topological polar surface area (TPSA) is 17.1 Å². The lowest BCUT2D eigenvalue weighted by molar-refractivity contribution is 0.592.